The molecule has 2 heterocycles. The molecule has 60 heavy (non-hydrogen) atoms. The van der Waals surface area contributed by atoms with E-state index in [-0.39, 0.29) is 53.8 Å². The standard InChI is InChI=1S/2C23H25FN2O4/c1-13-20(15-8-9-15)25-19-11-18(24)16(22(27)29-2)10-17(19)21(13)26-23(28)30-12-14-6-4-3-5-7-14;1-13-20(15-8-9-15)25-17-11-10-16(22(27)29-2)19(24)18(17)21(13)26-23(28)30-12-14-6-4-3-5-7-14/h2*3-7,10-11,13,15,20-21,25H,8-9,12H2,1-2H3,(H,26,28)/t2*13-,20+,21+/m00/s1. The first-order chi connectivity index (χ1) is 29.0. The number of carbonyl (C=O) groups excluding carboxylic acids is 4. The number of ether oxygens (including phenoxy) is 4. The third kappa shape index (κ3) is 9.48. The van der Waals surface area contributed by atoms with E-state index in [0.717, 1.165) is 36.8 Å². The predicted molar refractivity (Wildman–Crippen MR) is 219 cm³/mol. The van der Waals surface area contributed by atoms with Gasteiger partial charge in [0.2, 0.25) is 0 Å². The first-order valence-corrected chi connectivity index (χ1v) is 20.3. The molecule has 2 saturated carbocycles. The molecule has 0 unspecified atom stereocenters. The molecule has 0 saturated heterocycles. The molecule has 6 atom stereocenters. The number of alkyl carbamates (subject to hydrolysis) is 2. The van der Waals surface area contributed by atoms with E-state index in [1.165, 1.54) is 32.4 Å². The molecular formula is C46H50F2N4O8. The van der Waals surface area contributed by atoms with Crippen molar-refractivity contribution in [1.29, 1.82) is 0 Å². The highest BCUT2D eigenvalue weighted by molar-refractivity contribution is 5.91. The number of benzene rings is 4. The SMILES string of the molecule is COC(=O)c1cc2c(cc1F)N[C@@H](C1CC1)[C@H](C)[C@H]2NC(=O)OCc1ccccc1.COC(=O)c1ccc2c(c1F)[C@H](NC(=O)OCc1ccccc1)[C@@H](C)[C@H](C1CC1)N2. The molecule has 4 aromatic carbocycles. The smallest absolute Gasteiger partial charge is 0.407 e. The van der Waals surface area contributed by atoms with Crippen LogP contribution in [0, 0.1) is 35.3 Å². The monoisotopic (exact) mass is 824 g/mol. The van der Waals surface area contributed by atoms with E-state index < -0.39 is 47.8 Å². The second kappa shape index (κ2) is 18.4. The summed E-state index contributed by atoms with van der Waals surface area (Å²) >= 11 is 0. The van der Waals surface area contributed by atoms with E-state index in [1.807, 2.05) is 74.5 Å². The van der Waals surface area contributed by atoms with Crippen molar-refractivity contribution in [2.24, 2.45) is 23.7 Å². The summed E-state index contributed by atoms with van der Waals surface area (Å²) in [6.45, 7) is 4.30. The van der Waals surface area contributed by atoms with Crippen molar-refractivity contribution in [1.82, 2.24) is 10.6 Å². The number of hydrogen-bond acceptors (Lipinski definition) is 10. The van der Waals surface area contributed by atoms with E-state index in [0.29, 0.717) is 28.8 Å². The van der Waals surface area contributed by atoms with E-state index >= 15 is 4.39 Å². The van der Waals surface area contributed by atoms with Crippen LogP contribution < -0.4 is 21.3 Å². The van der Waals surface area contributed by atoms with Crippen LogP contribution in [0.25, 0.3) is 0 Å². The Morgan fingerprint density at radius 2 is 1.12 bits per heavy atom. The first-order valence-electron chi connectivity index (χ1n) is 20.3. The van der Waals surface area contributed by atoms with Crippen molar-refractivity contribution in [3.05, 3.63) is 130 Å². The van der Waals surface area contributed by atoms with Crippen molar-refractivity contribution in [2.45, 2.75) is 76.9 Å². The maximum Gasteiger partial charge on any atom is 0.407 e. The van der Waals surface area contributed by atoms with Crippen LogP contribution in [0.2, 0.25) is 0 Å². The van der Waals surface area contributed by atoms with Gasteiger partial charge in [-0.1, -0.05) is 74.5 Å². The molecule has 4 aliphatic rings. The molecule has 12 nitrogen and oxygen atoms in total. The molecular weight excluding hydrogens is 775 g/mol. The summed E-state index contributed by atoms with van der Waals surface area (Å²) in [5.41, 5.74) is 3.53. The largest absolute Gasteiger partial charge is 0.465 e. The minimum absolute atomic E-state index is 0.0326. The molecule has 0 radical (unpaired) electrons. The van der Waals surface area contributed by atoms with Crippen molar-refractivity contribution < 1.29 is 46.9 Å². The molecule has 4 N–H and O–H groups in total. The highest BCUT2D eigenvalue weighted by Gasteiger charge is 2.45. The number of rotatable bonds is 10. The van der Waals surface area contributed by atoms with Gasteiger partial charge in [0.25, 0.3) is 0 Å². The van der Waals surface area contributed by atoms with Crippen molar-refractivity contribution in [2.75, 3.05) is 24.9 Å². The summed E-state index contributed by atoms with van der Waals surface area (Å²) in [7, 11) is 2.42. The molecule has 2 amide bonds. The van der Waals surface area contributed by atoms with Gasteiger partial charge in [0.15, 0.2) is 0 Å². The summed E-state index contributed by atoms with van der Waals surface area (Å²) in [6, 6.07) is 23.8. The van der Waals surface area contributed by atoms with Gasteiger partial charge in [-0.25, -0.2) is 28.0 Å². The molecule has 316 valence electrons. The van der Waals surface area contributed by atoms with Gasteiger partial charge in [0, 0.05) is 40.9 Å². The Labute approximate surface area is 347 Å². The van der Waals surface area contributed by atoms with Crippen LogP contribution in [-0.4, -0.2) is 50.4 Å². The fourth-order valence-corrected chi connectivity index (χ4v) is 8.31. The maximum atomic E-state index is 15.3. The van der Waals surface area contributed by atoms with Gasteiger partial charge in [0.05, 0.1) is 37.4 Å². The van der Waals surface area contributed by atoms with Crippen molar-refractivity contribution in [3.63, 3.8) is 0 Å². The summed E-state index contributed by atoms with van der Waals surface area (Å²) in [5.74, 6) is -1.91. The lowest BCUT2D eigenvalue weighted by Gasteiger charge is -2.39. The zero-order valence-electron chi connectivity index (χ0n) is 34.0. The third-order valence-electron chi connectivity index (χ3n) is 11.8. The van der Waals surface area contributed by atoms with Crippen LogP contribution in [0.5, 0.6) is 0 Å². The number of halogens is 2. The maximum absolute atomic E-state index is 15.3. The fraction of sp³-hybridized carbons (Fsp3) is 0.391. The zero-order chi connectivity index (χ0) is 42.5. The lowest BCUT2D eigenvalue weighted by molar-refractivity contribution is 0.0585. The van der Waals surface area contributed by atoms with Crippen molar-refractivity contribution in [3.8, 4) is 0 Å². The van der Waals surface area contributed by atoms with Gasteiger partial charge in [-0.15, -0.1) is 0 Å². The van der Waals surface area contributed by atoms with Gasteiger partial charge >= 0.3 is 24.1 Å². The summed E-state index contributed by atoms with van der Waals surface area (Å²) in [6.07, 6.45) is 3.23. The van der Waals surface area contributed by atoms with E-state index in [1.54, 1.807) is 6.07 Å². The number of esters is 2. The number of hydrogen-bond donors (Lipinski definition) is 4. The summed E-state index contributed by atoms with van der Waals surface area (Å²) < 4.78 is 50.0. The van der Waals surface area contributed by atoms with Crippen LogP contribution >= 0.6 is 0 Å². The predicted octanol–water partition coefficient (Wildman–Crippen LogP) is 8.84. The van der Waals surface area contributed by atoms with Gasteiger partial charge in [0.1, 0.15) is 24.8 Å². The quantitative estimate of drug-likeness (QED) is 0.0902. The Bertz CT molecular complexity index is 2170. The number of carbonyl (C=O) groups is 4. The molecule has 0 bridgehead atoms. The van der Waals surface area contributed by atoms with Gasteiger partial charge in [-0.3, -0.25) is 0 Å². The van der Waals surface area contributed by atoms with Crippen molar-refractivity contribution >= 4 is 35.5 Å². The molecule has 4 aromatic rings. The second-order valence-electron chi connectivity index (χ2n) is 15.9. The van der Waals surface area contributed by atoms with Gasteiger partial charge in [-0.2, -0.15) is 0 Å². The highest BCUT2D eigenvalue weighted by Crippen LogP contribution is 2.48. The fourth-order valence-electron chi connectivity index (χ4n) is 8.31. The summed E-state index contributed by atoms with van der Waals surface area (Å²) in [4.78, 5) is 49.1. The Morgan fingerprint density at radius 3 is 1.63 bits per heavy atom. The summed E-state index contributed by atoms with van der Waals surface area (Å²) in [5, 5.41) is 12.6. The lowest BCUT2D eigenvalue weighted by atomic mass is 9.81. The molecule has 14 heteroatoms. The third-order valence-corrected chi connectivity index (χ3v) is 11.8. The number of anilines is 2. The second-order valence-corrected chi connectivity index (χ2v) is 15.9. The van der Waals surface area contributed by atoms with Crippen LogP contribution in [0.4, 0.5) is 29.7 Å². The Kier molecular flexibility index (Phi) is 12.9. The number of fused-ring (bicyclic) bond motifs is 2. The van der Waals surface area contributed by atoms with Crippen LogP contribution in [0.15, 0.2) is 84.9 Å². The van der Waals surface area contributed by atoms with E-state index in [4.69, 9.17) is 18.9 Å². The average molecular weight is 825 g/mol. The van der Waals surface area contributed by atoms with Crippen LogP contribution in [0.1, 0.15) is 94.6 Å². The molecule has 0 aromatic heterocycles. The van der Waals surface area contributed by atoms with E-state index in [2.05, 4.69) is 21.3 Å². The Hall–Kier alpha value is -6.18. The van der Waals surface area contributed by atoms with Crippen LogP contribution in [0.3, 0.4) is 0 Å². The zero-order valence-corrected chi connectivity index (χ0v) is 34.0. The van der Waals surface area contributed by atoms with E-state index in [9.17, 15) is 23.6 Å². The number of methoxy groups -OCH3 is 2. The topological polar surface area (TPSA) is 153 Å². The van der Waals surface area contributed by atoms with Crippen LogP contribution in [-0.2, 0) is 32.2 Å². The molecule has 2 fully saturated rings. The average Bonchev–Trinajstić information content (AvgIpc) is 4.20. The number of nitrogens with one attached hydrogen (secondary N) is 4. The normalized spacial score (nSPS) is 22.4. The minimum Gasteiger partial charge on any atom is -0.465 e. The first kappa shape index (κ1) is 42.0. The molecule has 2 aliphatic carbocycles. The lowest BCUT2D eigenvalue weighted by Crippen LogP contribution is -2.45. The number of amides is 2. The molecule has 0 spiro atoms. The minimum atomic E-state index is -0.752. The Balaban J connectivity index is 0.000000181. The molecule has 2 aliphatic heterocycles. The van der Waals surface area contributed by atoms with Gasteiger partial charge in [-0.05, 0) is 78.5 Å². The van der Waals surface area contributed by atoms with Gasteiger partial charge < -0.3 is 40.2 Å². The Morgan fingerprint density at radius 1 is 0.633 bits per heavy atom. The highest BCUT2D eigenvalue weighted by atomic mass is 19.1. The molecule has 8 rings (SSSR count).